The molecule has 1 aliphatic rings. The lowest BCUT2D eigenvalue weighted by Gasteiger charge is -2.38. The molecule has 1 heterocycles. The Morgan fingerprint density at radius 1 is 1.43 bits per heavy atom. The Bertz CT molecular complexity index is 646. The second-order valence-corrected chi connectivity index (χ2v) is 7.63. The quantitative estimate of drug-likeness (QED) is 0.920. The lowest BCUT2D eigenvalue weighted by molar-refractivity contribution is -0.151. The molecule has 1 aromatic carbocycles. The van der Waals surface area contributed by atoms with E-state index < -0.39 is 21.4 Å². The van der Waals surface area contributed by atoms with Crippen molar-refractivity contribution in [2.45, 2.75) is 31.1 Å². The lowest BCUT2D eigenvalue weighted by Crippen LogP contribution is -2.49. The lowest BCUT2D eigenvalue weighted by atomic mass is 9.78. The fourth-order valence-corrected chi connectivity index (χ4v) is 4.76. The number of aliphatic carboxylic acids is 1. The molecule has 1 aromatic rings. The van der Waals surface area contributed by atoms with Crippen molar-refractivity contribution in [3.05, 3.63) is 29.3 Å². The molecule has 0 aromatic heterocycles. The molecule has 5 nitrogen and oxygen atoms in total. The maximum Gasteiger partial charge on any atom is 0.310 e. The van der Waals surface area contributed by atoms with Gasteiger partial charge in [0.05, 0.1) is 10.4 Å². The van der Waals surface area contributed by atoms with Gasteiger partial charge >= 0.3 is 5.97 Å². The highest BCUT2D eigenvalue weighted by molar-refractivity contribution is 7.89. The van der Waals surface area contributed by atoms with E-state index in [1.165, 1.54) is 16.4 Å². The number of hydrogen-bond acceptors (Lipinski definition) is 3. The van der Waals surface area contributed by atoms with Crippen molar-refractivity contribution in [2.75, 3.05) is 13.1 Å². The van der Waals surface area contributed by atoms with Gasteiger partial charge in [0, 0.05) is 13.1 Å². The van der Waals surface area contributed by atoms with Gasteiger partial charge in [0.1, 0.15) is 4.90 Å². The highest BCUT2D eigenvalue weighted by Crippen LogP contribution is 2.36. The van der Waals surface area contributed by atoms with Gasteiger partial charge in [-0.15, -0.1) is 0 Å². The van der Waals surface area contributed by atoms with Crippen molar-refractivity contribution in [2.24, 2.45) is 5.41 Å². The maximum absolute atomic E-state index is 12.7. The Morgan fingerprint density at radius 2 is 2.10 bits per heavy atom. The SMILES string of the molecule is CCC1(C(=O)O)CCCN(S(=O)(=O)c2ccccc2Cl)C1. The van der Waals surface area contributed by atoms with E-state index in [-0.39, 0.29) is 16.5 Å². The van der Waals surface area contributed by atoms with Crippen molar-refractivity contribution >= 4 is 27.6 Å². The average Bonchev–Trinajstić information content (AvgIpc) is 2.47. The van der Waals surface area contributed by atoms with Crippen molar-refractivity contribution in [3.63, 3.8) is 0 Å². The number of nitrogens with zero attached hydrogens (tertiary/aromatic N) is 1. The summed E-state index contributed by atoms with van der Waals surface area (Å²) in [6.45, 7) is 2.09. The molecule has 0 amide bonds. The zero-order valence-corrected chi connectivity index (χ0v) is 13.3. The highest BCUT2D eigenvalue weighted by Gasteiger charge is 2.44. The molecule has 0 bridgehead atoms. The molecular weight excluding hydrogens is 314 g/mol. The second kappa shape index (κ2) is 5.94. The van der Waals surface area contributed by atoms with E-state index in [9.17, 15) is 18.3 Å². The standard InChI is InChI=1S/C14H18ClNO4S/c1-2-14(13(17)18)8-5-9-16(10-14)21(19,20)12-7-4-3-6-11(12)15/h3-4,6-7H,2,5,8-10H2,1H3,(H,17,18). The predicted molar refractivity (Wildman–Crippen MR) is 79.8 cm³/mol. The summed E-state index contributed by atoms with van der Waals surface area (Å²) < 4.78 is 26.6. The Morgan fingerprint density at radius 3 is 2.67 bits per heavy atom. The number of carboxylic acids is 1. The molecule has 7 heteroatoms. The van der Waals surface area contributed by atoms with Crippen molar-refractivity contribution < 1.29 is 18.3 Å². The first kappa shape index (κ1) is 16.3. The van der Waals surface area contributed by atoms with Crippen LogP contribution in [0.3, 0.4) is 0 Å². The summed E-state index contributed by atoms with van der Waals surface area (Å²) in [5.41, 5.74) is -1.01. The number of halogens is 1. The summed E-state index contributed by atoms with van der Waals surface area (Å²) in [5.74, 6) is -0.941. The van der Waals surface area contributed by atoms with Crippen LogP contribution in [-0.4, -0.2) is 36.9 Å². The Balaban J connectivity index is 2.38. The largest absolute Gasteiger partial charge is 0.481 e. The number of carboxylic acid groups (broad SMARTS) is 1. The third kappa shape index (κ3) is 2.93. The molecule has 0 spiro atoms. The first-order valence-corrected chi connectivity index (χ1v) is 8.63. The number of rotatable bonds is 4. The predicted octanol–water partition coefficient (Wildman–Crippen LogP) is 2.61. The minimum atomic E-state index is -3.77. The van der Waals surface area contributed by atoms with Crippen LogP contribution in [0.1, 0.15) is 26.2 Å². The number of sulfonamides is 1. The first-order chi connectivity index (χ1) is 9.83. The molecule has 1 atom stereocenters. The molecule has 1 aliphatic heterocycles. The van der Waals surface area contributed by atoms with Gasteiger partial charge in [-0.05, 0) is 31.4 Å². The minimum Gasteiger partial charge on any atom is -0.481 e. The summed E-state index contributed by atoms with van der Waals surface area (Å²) in [6, 6.07) is 6.22. The molecule has 1 saturated heterocycles. The fraction of sp³-hybridized carbons (Fsp3) is 0.500. The van der Waals surface area contributed by atoms with Crippen LogP contribution in [0.25, 0.3) is 0 Å². The molecule has 1 unspecified atom stereocenters. The van der Waals surface area contributed by atoms with E-state index in [1.54, 1.807) is 19.1 Å². The van der Waals surface area contributed by atoms with Gasteiger partial charge in [0.25, 0.3) is 0 Å². The number of benzene rings is 1. The van der Waals surface area contributed by atoms with Gasteiger partial charge in [-0.1, -0.05) is 30.7 Å². The molecule has 1 fully saturated rings. The number of hydrogen-bond donors (Lipinski definition) is 1. The zero-order chi connectivity index (χ0) is 15.7. The second-order valence-electron chi connectivity index (χ2n) is 5.31. The monoisotopic (exact) mass is 331 g/mol. The summed E-state index contributed by atoms with van der Waals surface area (Å²) in [4.78, 5) is 11.6. The smallest absolute Gasteiger partial charge is 0.310 e. The highest BCUT2D eigenvalue weighted by atomic mass is 35.5. The number of carbonyl (C=O) groups is 1. The normalized spacial score (nSPS) is 23.9. The zero-order valence-electron chi connectivity index (χ0n) is 11.8. The molecule has 2 rings (SSSR count). The van der Waals surface area contributed by atoms with E-state index >= 15 is 0 Å². The summed E-state index contributed by atoms with van der Waals surface area (Å²) in [6.07, 6.45) is 1.42. The van der Waals surface area contributed by atoms with E-state index in [4.69, 9.17) is 11.6 Å². The molecule has 0 radical (unpaired) electrons. The van der Waals surface area contributed by atoms with Crippen LogP contribution in [0.2, 0.25) is 5.02 Å². The average molecular weight is 332 g/mol. The summed E-state index contributed by atoms with van der Waals surface area (Å²) in [5, 5.41) is 9.60. The first-order valence-electron chi connectivity index (χ1n) is 6.81. The van der Waals surface area contributed by atoms with E-state index in [2.05, 4.69) is 0 Å². The van der Waals surface area contributed by atoms with Crippen LogP contribution in [0.5, 0.6) is 0 Å². The fourth-order valence-electron chi connectivity index (χ4n) is 2.70. The number of piperidine rings is 1. The Hall–Kier alpha value is -1.11. The van der Waals surface area contributed by atoms with E-state index in [1.807, 2.05) is 0 Å². The van der Waals surface area contributed by atoms with Crippen LogP contribution in [-0.2, 0) is 14.8 Å². The van der Waals surface area contributed by atoms with Crippen LogP contribution in [0, 0.1) is 5.41 Å². The van der Waals surface area contributed by atoms with Gasteiger partial charge < -0.3 is 5.11 Å². The van der Waals surface area contributed by atoms with Gasteiger partial charge in [0.2, 0.25) is 10.0 Å². The van der Waals surface area contributed by atoms with E-state index in [0.717, 1.165) is 0 Å². The summed E-state index contributed by atoms with van der Waals surface area (Å²) >= 11 is 5.97. The maximum atomic E-state index is 12.7. The van der Waals surface area contributed by atoms with Crippen molar-refractivity contribution in [1.82, 2.24) is 4.31 Å². The van der Waals surface area contributed by atoms with Crippen molar-refractivity contribution in [3.8, 4) is 0 Å². The van der Waals surface area contributed by atoms with Crippen LogP contribution in [0.15, 0.2) is 29.2 Å². The van der Waals surface area contributed by atoms with Gasteiger partial charge in [-0.3, -0.25) is 4.79 Å². The van der Waals surface area contributed by atoms with Crippen LogP contribution >= 0.6 is 11.6 Å². The topological polar surface area (TPSA) is 74.7 Å². The Labute approximate surface area is 129 Å². The molecule has 0 saturated carbocycles. The van der Waals surface area contributed by atoms with Crippen LogP contribution in [0.4, 0.5) is 0 Å². The molecule has 21 heavy (non-hydrogen) atoms. The molecule has 0 aliphatic carbocycles. The van der Waals surface area contributed by atoms with E-state index in [0.29, 0.717) is 25.8 Å². The third-order valence-corrected chi connectivity index (χ3v) is 6.47. The summed E-state index contributed by atoms with van der Waals surface area (Å²) in [7, 11) is -3.77. The minimum absolute atomic E-state index is 0.00755. The third-order valence-electron chi connectivity index (χ3n) is 4.13. The molecule has 116 valence electrons. The van der Waals surface area contributed by atoms with Gasteiger partial charge in [0.15, 0.2) is 0 Å². The molecular formula is C14H18ClNO4S. The van der Waals surface area contributed by atoms with Crippen molar-refractivity contribution in [1.29, 1.82) is 0 Å². The van der Waals surface area contributed by atoms with Gasteiger partial charge in [-0.2, -0.15) is 4.31 Å². The molecule has 1 N–H and O–H groups in total. The van der Waals surface area contributed by atoms with Gasteiger partial charge in [-0.25, -0.2) is 8.42 Å². The van der Waals surface area contributed by atoms with Crippen LogP contribution < -0.4 is 0 Å². The Kier molecular flexibility index (Phi) is 4.60.